The van der Waals surface area contributed by atoms with Crippen molar-refractivity contribution >= 4 is 0 Å². The number of hydrogen-bond acceptors (Lipinski definition) is 3. The minimum absolute atomic E-state index is 0.221. The SMILES string of the molecule is CCOc1cccc(OCC(O)c2cc(C)cc(C)c2)c1. The number of aliphatic hydroxyl groups is 1. The third-order valence-corrected chi connectivity index (χ3v) is 3.15. The summed E-state index contributed by atoms with van der Waals surface area (Å²) >= 11 is 0. The lowest BCUT2D eigenvalue weighted by Gasteiger charge is -2.14. The van der Waals surface area contributed by atoms with Crippen LogP contribution in [-0.2, 0) is 0 Å². The first-order chi connectivity index (χ1) is 10.1. The molecule has 1 N–H and O–H groups in total. The van der Waals surface area contributed by atoms with Gasteiger partial charge in [-0.1, -0.05) is 35.4 Å². The van der Waals surface area contributed by atoms with Gasteiger partial charge in [0, 0.05) is 6.07 Å². The minimum Gasteiger partial charge on any atom is -0.494 e. The number of aliphatic hydroxyl groups excluding tert-OH is 1. The fraction of sp³-hybridized carbons (Fsp3) is 0.333. The Morgan fingerprint density at radius 1 is 0.952 bits per heavy atom. The van der Waals surface area contributed by atoms with Crippen LogP contribution in [0.25, 0.3) is 0 Å². The Balaban J connectivity index is 2.00. The number of ether oxygens (including phenoxy) is 2. The summed E-state index contributed by atoms with van der Waals surface area (Å²) in [5.74, 6) is 1.47. The fourth-order valence-corrected chi connectivity index (χ4v) is 2.29. The van der Waals surface area contributed by atoms with Gasteiger partial charge in [-0.05, 0) is 38.5 Å². The lowest BCUT2D eigenvalue weighted by atomic mass is 10.0. The Morgan fingerprint density at radius 2 is 1.57 bits per heavy atom. The van der Waals surface area contributed by atoms with Crippen LogP contribution in [0.2, 0.25) is 0 Å². The van der Waals surface area contributed by atoms with Gasteiger partial charge in [-0.2, -0.15) is 0 Å². The molecule has 2 aromatic carbocycles. The van der Waals surface area contributed by atoms with Crippen LogP contribution < -0.4 is 9.47 Å². The maximum atomic E-state index is 10.2. The zero-order valence-corrected chi connectivity index (χ0v) is 12.8. The van der Waals surface area contributed by atoms with E-state index in [9.17, 15) is 5.11 Å². The Labute approximate surface area is 126 Å². The highest BCUT2D eigenvalue weighted by atomic mass is 16.5. The van der Waals surface area contributed by atoms with Gasteiger partial charge >= 0.3 is 0 Å². The molecule has 2 rings (SSSR count). The Morgan fingerprint density at radius 3 is 2.19 bits per heavy atom. The molecule has 0 fully saturated rings. The van der Waals surface area contributed by atoms with E-state index in [-0.39, 0.29) is 6.61 Å². The molecule has 21 heavy (non-hydrogen) atoms. The van der Waals surface area contributed by atoms with Crippen molar-refractivity contribution in [3.8, 4) is 11.5 Å². The quantitative estimate of drug-likeness (QED) is 0.877. The maximum Gasteiger partial charge on any atom is 0.123 e. The normalized spacial score (nSPS) is 12.0. The van der Waals surface area contributed by atoms with Crippen LogP contribution in [0, 0.1) is 13.8 Å². The monoisotopic (exact) mass is 286 g/mol. The van der Waals surface area contributed by atoms with E-state index in [1.807, 2.05) is 57.2 Å². The zero-order valence-electron chi connectivity index (χ0n) is 12.8. The molecule has 0 aromatic heterocycles. The molecule has 3 nitrogen and oxygen atoms in total. The molecule has 0 saturated heterocycles. The Bertz CT molecular complexity index is 573. The summed E-state index contributed by atoms with van der Waals surface area (Å²) in [4.78, 5) is 0. The maximum absolute atomic E-state index is 10.2. The van der Waals surface area contributed by atoms with Gasteiger partial charge in [0.05, 0.1) is 6.61 Å². The Kier molecular flexibility index (Phi) is 5.23. The number of hydrogen-bond donors (Lipinski definition) is 1. The lowest BCUT2D eigenvalue weighted by Crippen LogP contribution is -2.10. The third-order valence-electron chi connectivity index (χ3n) is 3.15. The molecule has 3 heteroatoms. The fourth-order valence-electron chi connectivity index (χ4n) is 2.29. The van der Waals surface area contributed by atoms with Crippen LogP contribution >= 0.6 is 0 Å². The van der Waals surface area contributed by atoms with Gasteiger partial charge in [-0.3, -0.25) is 0 Å². The van der Waals surface area contributed by atoms with Gasteiger partial charge in [0.2, 0.25) is 0 Å². The second-order valence-electron chi connectivity index (χ2n) is 5.16. The summed E-state index contributed by atoms with van der Waals surface area (Å²) in [6, 6.07) is 13.5. The van der Waals surface area contributed by atoms with Crippen molar-refractivity contribution in [2.24, 2.45) is 0 Å². The molecule has 2 aromatic rings. The van der Waals surface area contributed by atoms with E-state index in [2.05, 4.69) is 6.07 Å². The second-order valence-corrected chi connectivity index (χ2v) is 5.16. The molecule has 0 aliphatic carbocycles. The van der Waals surface area contributed by atoms with Gasteiger partial charge in [0.1, 0.15) is 24.2 Å². The van der Waals surface area contributed by atoms with Crippen molar-refractivity contribution in [1.29, 1.82) is 0 Å². The molecule has 112 valence electrons. The van der Waals surface area contributed by atoms with Crippen LogP contribution in [0.5, 0.6) is 11.5 Å². The van der Waals surface area contributed by atoms with E-state index in [1.54, 1.807) is 0 Å². The van der Waals surface area contributed by atoms with Crippen LogP contribution in [-0.4, -0.2) is 18.3 Å². The number of benzene rings is 2. The van der Waals surface area contributed by atoms with Crippen molar-refractivity contribution < 1.29 is 14.6 Å². The lowest BCUT2D eigenvalue weighted by molar-refractivity contribution is 0.108. The first-order valence-electron chi connectivity index (χ1n) is 7.20. The van der Waals surface area contributed by atoms with Crippen molar-refractivity contribution in [3.05, 3.63) is 59.2 Å². The molecule has 0 aliphatic heterocycles. The van der Waals surface area contributed by atoms with E-state index in [1.165, 1.54) is 0 Å². The first-order valence-corrected chi connectivity index (χ1v) is 7.20. The van der Waals surface area contributed by atoms with E-state index in [4.69, 9.17) is 9.47 Å². The van der Waals surface area contributed by atoms with Crippen LogP contribution in [0.1, 0.15) is 29.7 Å². The van der Waals surface area contributed by atoms with Crippen molar-refractivity contribution in [1.82, 2.24) is 0 Å². The zero-order chi connectivity index (χ0) is 15.2. The molecule has 0 spiro atoms. The van der Waals surface area contributed by atoms with E-state index in [0.717, 1.165) is 22.4 Å². The second kappa shape index (κ2) is 7.14. The largest absolute Gasteiger partial charge is 0.494 e. The van der Waals surface area contributed by atoms with E-state index in [0.29, 0.717) is 12.4 Å². The molecule has 1 atom stereocenters. The smallest absolute Gasteiger partial charge is 0.123 e. The summed E-state index contributed by atoms with van der Waals surface area (Å²) in [6.45, 7) is 6.83. The molecule has 0 saturated carbocycles. The summed E-state index contributed by atoms with van der Waals surface area (Å²) in [5.41, 5.74) is 3.17. The minimum atomic E-state index is -0.639. The predicted octanol–water partition coefficient (Wildman–Crippen LogP) is 3.81. The summed E-state index contributed by atoms with van der Waals surface area (Å²) in [5, 5.41) is 10.2. The van der Waals surface area contributed by atoms with Gasteiger partial charge in [-0.15, -0.1) is 0 Å². The average Bonchev–Trinajstić information content (AvgIpc) is 2.44. The Hall–Kier alpha value is -2.00. The summed E-state index contributed by atoms with van der Waals surface area (Å²) < 4.78 is 11.1. The van der Waals surface area contributed by atoms with E-state index >= 15 is 0 Å². The van der Waals surface area contributed by atoms with E-state index < -0.39 is 6.10 Å². The van der Waals surface area contributed by atoms with Crippen LogP contribution in [0.15, 0.2) is 42.5 Å². The highest BCUT2D eigenvalue weighted by Gasteiger charge is 2.10. The molecule has 0 radical (unpaired) electrons. The van der Waals surface area contributed by atoms with Gasteiger partial charge in [-0.25, -0.2) is 0 Å². The standard InChI is InChI=1S/C18H22O3/c1-4-20-16-6-5-7-17(11-16)21-12-18(19)15-9-13(2)8-14(3)10-15/h5-11,18-19H,4,12H2,1-3H3. The third kappa shape index (κ3) is 4.50. The van der Waals surface area contributed by atoms with Crippen molar-refractivity contribution in [2.45, 2.75) is 26.9 Å². The molecule has 1 unspecified atom stereocenters. The molecule has 0 aliphatic rings. The number of aryl methyl sites for hydroxylation is 2. The molecule has 0 bridgehead atoms. The molecular weight excluding hydrogens is 264 g/mol. The molecule has 0 heterocycles. The van der Waals surface area contributed by atoms with Crippen LogP contribution in [0.4, 0.5) is 0 Å². The van der Waals surface area contributed by atoms with Gasteiger partial charge < -0.3 is 14.6 Å². The molecule has 0 amide bonds. The predicted molar refractivity (Wildman–Crippen MR) is 84.0 cm³/mol. The summed E-state index contributed by atoms with van der Waals surface area (Å²) in [6.07, 6.45) is -0.639. The number of rotatable bonds is 6. The van der Waals surface area contributed by atoms with Gasteiger partial charge in [0.15, 0.2) is 0 Å². The topological polar surface area (TPSA) is 38.7 Å². The van der Waals surface area contributed by atoms with Crippen molar-refractivity contribution in [2.75, 3.05) is 13.2 Å². The van der Waals surface area contributed by atoms with Gasteiger partial charge in [0.25, 0.3) is 0 Å². The highest BCUT2D eigenvalue weighted by molar-refractivity contribution is 5.33. The highest BCUT2D eigenvalue weighted by Crippen LogP contribution is 2.22. The first kappa shape index (κ1) is 15.4. The average molecular weight is 286 g/mol. The van der Waals surface area contributed by atoms with Crippen LogP contribution in [0.3, 0.4) is 0 Å². The molecular formula is C18H22O3. The summed E-state index contributed by atoms with van der Waals surface area (Å²) in [7, 11) is 0. The van der Waals surface area contributed by atoms with Crippen molar-refractivity contribution in [3.63, 3.8) is 0 Å².